The van der Waals surface area contributed by atoms with Gasteiger partial charge < -0.3 is 13.9 Å². The van der Waals surface area contributed by atoms with Crippen LogP contribution in [0.15, 0.2) is 180 Å². The zero-order valence-corrected chi connectivity index (χ0v) is 27.1. The molecule has 0 aliphatic carbocycles. The highest BCUT2D eigenvalue weighted by Crippen LogP contribution is 2.46. The summed E-state index contributed by atoms with van der Waals surface area (Å²) in [5.41, 5.74) is -6.95. The van der Waals surface area contributed by atoms with Gasteiger partial charge in [-0.2, -0.15) is 11.6 Å². The molecular weight excluding hydrogens is 663 g/mol. The van der Waals surface area contributed by atoms with Gasteiger partial charge in [0.05, 0.1) is 73.2 Å². The van der Waals surface area contributed by atoms with Crippen LogP contribution < -0.4 is 15.7 Å². The van der Waals surface area contributed by atoms with Crippen molar-refractivity contribution in [3.63, 3.8) is 0 Å². The summed E-state index contributed by atoms with van der Waals surface area (Å²) >= 11 is 0.623. The SMILES string of the molecule is [2H]c1c([2H])c([2H])c2c(c1[2H])SB1c3c([2H])c(-c4c([2H])c([2H])c([2H])c([2H])c4-n4c5c([2H])c([2H])c([2H])c([2H])c5c5c([2H])c([2H])c([2H])c([2H])c54)c([2H])c([2H])c3Oc3c([2H])c(-n4c5c([2H])c([2H])c([2H])c([2H])c5c5c([2H])c([2H])c([2H])c([2H])c54)c([2H])c-2c31. The van der Waals surface area contributed by atoms with E-state index in [9.17, 15) is 12.3 Å². The van der Waals surface area contributed by atoms with Crippen LogP contribution in [0, 0.1) is 0 Å². The van der Waals surface area contributed by atoms with Crippen molar-refractivity contribution in [2.45, 2.75) is 4.90 Å². The smallest absolute Gasteiger partial charge is 0.289 e. The predicted octanol–water partition coefficient (Wildman–Crippen LogP) is 11.5. The molecule has 0 bridgehead atoms. The zero-order valence-electron chi connectivity index (χ0n) is 55.3. The summed E-state index contributed by atoms with van der Waals surface area (Å²) in [6, 6.07) is -24.9. The van der Waals surface area contributed by atoms with Gasteiger partial charge in [0.2, 0.25) is 0 Å². The maximum Gasteiger partial charge on any atom is 0.289 e. The minimum atomic E-state index is -1.63. The first-order valence-corrected chi connectivity index (χ1v) is 16.6. The molecule has 2 aromatic heterocycles. The molecule has 10 aromatic rings. The second kappa shape index (κ2) is 11.0. The van der Waals surface area contributed by atoms with E-state index in [0.29, 0.717) is 11.6 Å². The maximum atomic E-state index is 10.2. The molecule has 4 heterocycles. The molecular formula is C48H29BN2OS. The molecule has 3 nitrogen and oxygen atoms in total. The third-order valence-corrected chi connectivity index (χ3v) is 10.3. The van der Waals surface area contributed by atoms with Gasteiger partial charge in [-0.15, -0.1) is 0 Å². The maximum absolute atomic E-state index is 10.2. The van der Waals surface area contributed by atoms with Crippen LogP contribution in [0.3, 0.4) is 0 Å². The average molecular weight is 722 g/mol. The molecule has 0 saturated heterocycles. The van der Waals surface area contributed by atoms with Crippen molar-refractivity contribution in [3.05, 3.63) is 175 Å². The van der Waals surface area contributed by atoms with Crippen LogP contribution >= 0.6 is 11.6 Å². The number of hydrogen-bond acceptors (Lipinski definition) is 2. The standard InChI is InChI=1S/C48H29BN2OS/c1-7-19-40(51-43-22-10-4-16-35(43)36-17-5-11-23-44(36)51)32(13-1)30-25-26-45-39(27-30)49-48-38(37-18-6-12-24-47(37)53-49)28-31(29-46(48)52-45)50-41-20-8-2-14-33(41)34-15-3-9-21-42(34)50/h1-29H/i1D,2D,3D,4D,5D,6D,7D,8D,9D,10D,11D,12D,13D,14D,15D,16D,17D,18D,19D,20D,21D,22D,23D,24D,25D,26D,27D,28D,29D. The third-order valence-electron chi connectivity index (χ3n) is 9.09. The van der Waals surface area contributed by atoms with E-state index >= 15 is 0 Å². The lowest BCUT2D eigenvalue weighted by molar-refractivity contribution is 0.487. The molecule has 0 fully saturated rings. The summed E-state index contributed by atoms with van der Waals surface area (Å²) in [7, 11) is 0. The van der Waals surface area contributed by atoms with Crippen molar-refractivity contribution in [1.29, 1.82) is 0 Å². The Labute approximate surface area is 351 Å². The Morgan fingerprint density at radius 1 is 0.472 bits per heavy atom. The van der Waals surface area contributed by atoms with Crippen molar-refractivity contribution >= 4 is 72.1 Å². The van der Waals surface area contributed by atoms with Gasteiger partial charge in [-0.25, -0.2) is 0 Å². The van der Waals surface area contributed by atoms with Crippen molar-refractivity contribution in [2.75, 3.05) is 0 Å². The Morgan fingerprint density at radius 2 is 1.02 bits per heavy atom. The molecule has 0 radical (unpaired) electrons. The van der Waals surface area contributed by atoms with Crippen LogP contribution in [0.1, 0.15) is 39.8 Å². The minimum absolute atomic E-state index is 0.278. The lowest BCUT2D eigenvalue weighted by Crippen LogP contribution is -2.46. The summed E-state index contributed by atoms with van der Waals surface area (Å²) in [5.74, 6) is -2.93. The molecule has 2 aliphatic rings. The summed E-state index contributed by atoms with van der Waals surface area (Å²) in [6.07, 6.45) is 0. The van der Waals surface area contributed by atoms with Crippen molar-refractivity contribution < 1.29 is 44.5 Å². The number of fused-ring (bicyclic) bond motifs is 10. The lowest BCUT2D eigenvalue weighted by atomic mass is 9.57. The molecule has 8 aromatic carbocycles. The van der Waals surface area contributed by atoms with Crippen molar-refractivity contribution in [1.82, 2.24) is 9.13 Å². The summed E-state index contributed by atoms with van der Waals surface area (Å²) in [5, 5.41) is -1.88. The largest absolute Gasteiger partial charge is 0.458 e. The van der Waals surface area contributed by atoms with Crippen LogP contribution in [0.4, 0.5) is 0 Å². The average Bonchev–Trinajstić information content (AvgIpc) is 4.17. The van der Waals surface area contributed by atoms with E-state index in [0.717, 1.165) is 9.13 Å². The highest BCUT2D eigenvalue weighted by Gasteiger charge is 2.39. The van der Waals surface area contributed by atoms with E-state index < -0.39 is 270 Å². The molecule has 0 saturated carbocycles. The molecule has 246 valence electrons. The Morgan fingerprint density at radius 3 is 1.68 bits per heavy atom. The van der Waals surface area contributed by atoms with E-state index in [2.05, 4.69) is 0 Å². The molecule has 12 rings (SSSR count). The number of aromatic nitrogens is 2. The topological polar surface area (TPSA) is 19.1 Å². The molecule has 5 heteroatoms. The first-order chi connectivity index (χ1) is 38.4. The Bertz CT molecular complexity index is 4670. The van der Waals surface area contributed by atoms with Crippen molar-refractivity contribution in [3.8, 4) is 45.1 Å². The number of rotatable bonds is 3. The molecule has 0 atom stereocenters. The van der Waals surface area contributed by atoms with E-state index in [1.54, 1.807) is 0 Å². The first kappa shape index (κ1) is 12.9. The fourth-order valence-corrected chi connectivity index (χ4v) is 8.18. The van der Waals surface area contributed by atoms with Crippen molar-refractivity contribution in [2.24, 2.45) is 0 Å². The van der Waals surface area contributed by atoms with E-state index in [1.807, 2.05) is 0 Å². The van der Waals surface area contributed by atoms with E-state index in [1.165, 1.54) is 0 Å². The minimum Gasteiger partial charge on any atom is -0.458 e. The predicted molar refractivity (Wildman–Crippen MR) is 223 cm³/mol. The van der Waals surface area contributed by atoms with Crippen LogP contribution in [0.2, 0.25) is 0 Å². The number of benzene rings is 8. The second-order valence-electron chi connectivity index (χ2n) is 11.8. The molecule has 53 heavy (non-hydrogen) atoms. The highest BCUT2D eigenvalue weighted by molar-refractivity contribution is 8.28. The highest BCUT2D eigenvalue weighted by atomic mass is 32.2. The summed E-state index contributed by atoms with van der Waals surface area (Å²) in [6.45, 7) is 0. The fraction of sp³-hybridized carbons (Fsp3) is 0. The molecule has 0 N–H and O–H groups in total. The zero-order chi connectivity index (χ0) is 59.9. The third kappa shape index (κ3) is 4.14. The Hall–Kier alpha value is -6.43. The van der Waals surface area contributed by atoms with Gasteiger partial charge in [-0.3, -0.25) is 0 Å². The Balaban J connectivity index is 1.25. The second-order valence-corrected chi connectivity index (χ2v) is 12.9. The van der Waals surface area contributed by atoms with Gasteiger partial charge in [0.1, 0.15) is 11.5 Å². The number of nitrogens with zero attached hydrogens (tertiary/aromatic N) is 2. The fourth-order valence-electron chi connectivity index (χ4n) is 6.94. The van der Waals surface area contributed by atoms with E-state index in [-0.39, 0.29) is 15.9 Å². The number of hydrogen-bond donors (Lipinski definition) is 0. The van der Waals surface area contributed by atoms with Gasteiger partial charge in [0.25, 0.3) is 5.99 Å². The monoisotopic (exact) mass is 721 g/mol. The van der Waals surface area contributed by atoms with Gasteiger partial charge in [0, 0.05) is 38.0 Å². The van der Waals surface area contributed by atoms with Crippen LogP contribution in [-0.2, 0) is 0 Å². The van der Waals surface area contributed by atoms with Crippen LogP contribution in [0.25, 0.3) is 77.2 Å². The molecule has 0 amide bonds. The number of para-hydroxylation sites is 5. The normalized spacial score (nSPS) is 20.6. The van der Waals surface area contributed by atoms with E-state index in [4.69, 9.17) is 32.2 Å². The van der Waals surface area contributed by atoms with Gasteiger partial charge in [0.15, 0.2) is 0 Å². The number of ether oxygens (including phenoxy) is 1. The van der Waals surface area contributed by atoms with Gasteiger partial charge in [-0.05, 0) is 76.0 Å². The summed E-state index contributed by atoms with van der Waals surface area (Å²) in [4.78, 5) is -0.302. The van der Waals surface area contributed by atoms with Gasteiger partial charge in [-0.1, -0.05) is 121 Å². The van der Waals surface area contributed by atoms with Crippen LogP contribution in [0.5, 0.6) is 11.5 Å². The lowest BCUT2D eigenvalue weighted by Gasteiger charge is -2.33. The molecule has 2 aliphatic heterocycles. The quantitative estimate of drug-likeness (QED) is 0.169. The van der Waals surface area contributed by atoms with Crippen LogP contribution in [-0.4, -0.2) is 15.1 Å². The summed E-state index contributed by atoms with van der Waals surface area (Å²) < 4.78 is 272. The molecule has 0 unspecified atom stereocenters. The Kier molecular flexibility index (Phi) is 2.69. The first-order valence-electron chi connectivity index (χ1n) is 30.3. The van der Waals surface area contributed by atoms with Gasteiger partial charge >= 0.3 is 0 Å². The molecule has 0 spiro atoms.